The van der Waals surface area contributed by atoms with Gasteiger partial charge in [0.2, 0.25) is 0 Å². The molecular weight excluding hydrogens is 250 g/mol. The fourth-order valence-electron chi connectivity index (χ4n) is 2.26. The Morgan fingerprint density at radius 1 is 1.25 bits per heavy atom. The van der Waals surface area contributed by atoms with E-state index < -0.39 is 0 Å². The number of Topliss-reactive ketones (excluding diaryl/α,β-unsaturated/α-hetero) is 1. The molecule has 0 fully saturated rings. The molecule has 0 aliphatic heterocycles. The highest BCUT2D eigenvalue weighted by molar-refractivity contribution is 5.99. The van der Waals surface area contributed by atoms with Crippen LogP contribution in [-0.4, -0.2) is 20.3 Å². The van der Waals surface area contributed by atoms with Gasteiger partial charge < -0.3 is 4.57 Å². The molecule has 3 rings (SSSR count). The number of aryl methyl sites for hydroxylation is 2. The second-order valence-electron chi connectivity index (χ2n) is 4.93. The maximum atomic E-state index is 12.3. The number of ketones is 1. The van der Waals surface area contributed by atoms with E-state index in [1.165, 1.54) is 0 Å². The van der Waals surface area contributed by atoms with E-state index in [9.17, 15) is 4.79 Å². The van der Waals surface area contributed by atoms with Gasteiger partial charge in [0.1, 0.15) is 0 Å². The van der Waals surface area contributed by atoms with Crippen LogP contribution >= 0.6 is 0 Å². The van der Waals surface area contributed by atoms with Crippen LogP contribution in [0.1, 0.15) is 21.7 Å². The van der Waals surface area contributed by atoms with Crippen molar-refractivity contribution < 1.29 is 4.79 Å². The lowest BCUT2D eigenvalue weighted by molar-refractivity contribution is 0.0992. The fraction of sp³-hybridized carbons (Fsp3) is 0.188. The van der Waals surface area contributed by atoms with Crippen LogP contribution in [0.25, 0.3) is 11.0 Å². The van der Waals surface area contributed by atoms with E-state index in [4.69, 9.17) is 0 Å². The van der Waals surface area contributed by atoms with Gasteiger partial charge in [0.15, 0.2) is 5.78 Å². The first-order valence-corrected chi connectivity index (χ1v) is 6.50. The van der Waals surface area contributed by atoms with Crippen LogP contribution in [0.5, 0.6) is 0 Å². The summed E-state index contributed by atoms with van der Waals surface area (Å²) in [6.07, 6.45) is 2.08. The summed E-state index contributed by atoms with van der Waals surface area (Å²) < 4.78 is 1.91. The standard InChI is InChI=1S/C16H15N3O/c1-11-4-3-5-13(18-11)9-16(20)12-6-7-14-15(8-12)19(2)10-17-14/h3-8,10H,9H2,1-2H3. The summed E-state index contributed by atoms with van der Waals surface area (Å²) >= 11 is 0. The maximum absolute atomic E-state index is 12.3. The minimum Gasteiger partial charge on any atom is -0.334 e. The second-order valence-corrected chi connectivity index (χ2v) is 4.93. The minimum absolute atomic E-state index is 0.0752. The van der Waals surface area contributed by atoms with Crippen molar-refractivity contribution in [2.75, 3.05) is 0 Å². The number of imidazole rings is 1. The van der Waals surface area contributed by atoms with Gasteiger partial charge in [0.05, 0.1) is 23.8 Å². The molecule has 20 heavy (non-hydrogen) atoms. The zero-order valence-electron chi connectivity index (χ0n) is 11.5. The Kier molecular flexibility index (Phi) is 3.06. The van der Waals surface area contributed by atoms with Crippen molar-refractivity contribution in [3.8, 4) is 0 Å². The van der Waals surface area contributed by atoms with E-state index in [0.29, 0.717) is 12.0 Å². The number of aromatic nitrogens is 3. The minimum atomic E-state index is 0.0752. The molecule has 0 aliphatic rings. The molecule has 100 valence electrons. The van der Waals surface area contributed by atoms with Gasteiger partial charge in [-0.3, -0.25) is 9.78 Å². The molecule has 0 saturated carbocycles. The highest BCUT2D eigenvalue weighted by Gasteiger charge is 2.10. The Balaban J connectivity index is 1.90. The summed E-state index contributed by atoms with van der Waals surface area (Å²) in [7, 11) is 1.92. The summed E-state index contributed by atoms with van der Waals surface area (Å²) in [6.45, 7) is 1.93. The van der Waals surface area contributed by atoms with Gasteiger partial charge in [-0.1, -0.05) is 6.07 Å². The van der Waals surface area contributed by atoms with Crippen molar-refractivity contribution >= 4 is 16.8 Å². The number of benzene rings is 1. The predicted octanol–water partition coefficient (Wildman–Crippen LogP) is 2.70. The van der Waals surface area contributed by atoms with E-state index in [1.54, 1.807) is 6.33 Å². The predicted molar refractivity (Wildman–Crippen MR) is 77.7 cm³/mol. The number of rotatable bonds is 3. The molecule has 2 aromatic heterocycles. The van der Waals surface area contributed by atoms with Gasteiger partial charge in [-0.25, -0.2) is 4.98 Å². The van der Waals surface area contributed by atoms with E-state index >= 15 is 0 Å². The maximum Gasteiger partial charge on any atom is 0.168 e. The monoisotopic (exact) mass is 265 g/mol. The van der Waals surface area contributed by atoms with Crippen LogP contribution in [0.15, 0.2) is 42.7 Å². The second kappa shape index (κ2) is 4.89. The molecule has 4 nitrogen and oxygen atoms in total. The van der Waals surface area contributed by atoms with Gasteiger partial charge >= 0.3 is 0 Å². The Morgan fingerprint density at radius 2 is 2.10 bits per heavy atom. The Bertz CT molecular complexity index is 789. The average molecular weight is 265 g/mol. The molecule has 0 bridgehead atoms. The van der Waals surface area contributed by atoms with Crippen LogP contribution in [0, 0.1) is 6.92 Å². The molecule has 2 heterocycles. The molecule has 3 aromatic rings. The van der Waals surface area contributed by atoms with Crippen molar-refractivity contribution in [3.63, 3.8) is 0 Å². The largest absolute Gasteiger partial charge is 0.334 e. The molecule has 0 spiro atoms. The van der Waals surface area contributed by atoms with E-state index in [1.807, 2.05) is 54.9 Å². The molecule has 0 aliphatic carbocycles. The molecule has 1 aromatic carbocycles. The molecule has 0 amide bonds. The van der Waals surface area contributed by atoms with Gasteiger partial charge in [-0.2, -0.15) is 0 Å². The van der Waals surface area contributed by atoms with E-state index in [-0.39, 0.29) is 5.78 Å². The SMILES string of the molecule is Cc1cccc(CC(=O)c2ccc3ncn(C)c3c2)n1. The Labute approximate surface area is 117 Å². The average Bonchev–Trinajstić information content (AvgIpc) is 2.80. The highest BCUT2D eigenvalue weighted by Crippen LogP contribution is 2.15. The number of hydrogen-bond donors (Lipinski definition) is 0. The summed E-state index contributed by atoms with van der Waals surface area (Å²) in [5.41, 5.74) is 4.30. The fourth-order valence-corrected chi connectivity index (χ4v) is 2.26. The van der Waals surface area contributed by atoms with Gasteiger partial charge in [0, 0.05) is 24.0 Å². The number of nitrogens with zero attached hydrogens (tertiary/aromatic N) is 3. The zero-order chi connectivity index (χ0) is 14.1. The lowest BCUT2D eigenvalue weighted by Crippen LogP contribution is -2.05. The number of hydrogen-bond acceptors (Lipinski definition) is 3. The molecular formula is C16H15N3O. The van der Waals surface area contributed by atoms with Crippen LogP contribution in [0.4, 0.5) is 0 Å². The Hall–Kier alpha value is -2.49. The van der Waals surface area contributed by atoms with Crippen LogP contribution in [0.2, 0.25) is 0 Å². The van der Waals surface area contributed by atoms with Gasteiger partial charge in [0.25, 0.3) is 0 Å². The first-order chi connectivity index (χ1) is 9.63. The van der Waals surface area contributed by atoms with Crippen molar-refractivity contribution in [2.24, 2.45) is 7.05 Å². The molecule has 0 atom stereocenters. The van der Waals surface area contributed by atoms with Crippen LogP contribution in [0.3, 0.4) is 0 Å². The smallest absolute Gasteiger partial charge is 0.168 e. The third kappa shape index (κ3) is 2.32. The van der Waals surface area contributed by atoms with Crippen LogP contribution in [-0.2, 0) is 13.5 Å². The lowest BCUT2D eigenvalue weighted by Gasteiger charge is -2.03. The van der Waals surface area contributed by atoms with Gasteiger partial charge in [-0.05, 0) is 37.3 Å². The summed E-state index contributed by atoms with van der Waals surface area (Å²) in [4.78, 5) is 21.0. The molecule has 0 N–H and O–H groups in total. The third-order valence-electron chi connectivity index (χ3n) is 3.34. The summed E-state index contributed by atoms with van der Waals surface area (Å²) in [5.74, 6) is 0.0752. The molecule has 0 saturated heterocycles. The zero-order valence-corrected chi connectivity index (χ0v) is 11.5. The number of pyridine rings is 1. The first-order valence-electron chi connectivity index (χ1n) is 6.50. The molecule has 0 unspecified atom stereocenters. The van der Waals surface area contributed by atoms with Crippen molar-refractivity contribution in [3.05, 3.63) is 59.7 Å². The number of fused-ring (bicyclic) bond motifs is 1. The summed E-state index contributed by atoms with van der Waals surface area (Å²) in [6, 6.07) is 11.3. The van der Waals surface area contributed by atoms with E-state index in [0.717, 1.165) is 22.4 Å². The van der Waals surface area contributed by atoms with Gasteiger partial charge in [-0.15, -0.1) is 0 Å². The molecule has 0 radical (unpaired) electrons. The summed E-state index contributed by atoms with van der Waals surface area (Å²) in [5, 5.41) is 0. The van der Waals surface area contributed by atoms with Crippen molar-refractivity contribution in [1.82, 2.24) is 14.5 Å². The quantitative estimate of drug-likeness (QED) is 0.684. The Morgan fingerprint density at radius 3 is 2.90 bits per heavy atom. The van der Waals surface area contributed by atoms with Crippen molar-refractivity contribution in [2.45, 2.75) is 13.3 Å². The number of carbonyl (C=O) groups is 1. The normalized spacial score (nSPS) is 10.9. The van der Waals surface area contributed by atoms with Crippen molar-refractivity contribution in [1.29, 1.82) is 0 Å². The lowest BCUT2D eigenvalue weighted by atomic mass is 10.1. The number of carbonyl (C=O) groups excluding carboxylic acids is 1. The van der Waals surface area contributed by atoms with E-state index in [2.05, 4.69) is 9.97 Å². The van der Waals surface area contributed by atoms with Crippen LogP contribution < -0.4 is 0 Å². The molecule has 4 heteroatoms. The topological polar surface area (TPSA) is 47.8 Å². The first kappa shape index (κ1) is 12.5. The third-order valence-corrected chi connectivity index (χ3v) is 3.34. The highest BCUT2D eigenvalue weighted by atomic mass is 16.1.